The molecule has 21 heavy (non-hydrogen) atoms. The maximum atomic E-state index is 6.94. The summed E-state index contributed by atoms with van der Waals surface area (Å²) in [6.45, 7) is 0. The first kappa shape index (κ1) is 13.2. The maximum absolute atomic E-state index is 6.94. The van der Waals surface area contributed by atoms with Gasteiger partial charge in [-0.2, -0.15) is 0 Å². The highest BCUT2D eigenvalue weighted by Gasteiger charge is 2.09. The van der Waals surface area contributed by atoms with Gasteiger partial charge in [0.25, 0.3) is 0 Å². The number of hydrogen-bond acceptors (Lipinski definition) is 2. The van der Waals surface area contributed by atoms with Crippen LogP contribution in [0.5, 0.6) is 0 Å². The van der Waals surface area contributed by atoms with Gasteiger partial charge in [0.05, 0.1) is 11.9 Å². The minimum atomic E-state index is 0.941. The molecule has 0 unspecified atom stereocenters. The molecule has 1 heterocycles. The highest BCUT2D eigenvalue weighted by Crippen LogP contribution is 2.32. The zero-order chi connectivity index (χ0) is 14.7. The van der Waals surface area contributed by atoms with Crippen molar-refractivity contribution in [1.29, 1.82) is 5.41 Å². The Bertz CT molecular complexity index is 777. The van der Waals surface area contributed by atoms with E-state index in [0.29, 0.717) is 0 Å². The first-order valence-electron chi connectivity index (χ1n) is 6.76. The fraction of sp³-hybridized carbons (Fsp3) is 0. The quantitative estimate of drug-likeness (QED) is 0.653. The highest BCUT2D eigenvalue weighted by atomic mass is 14.6. The van der Waals surface area contributed by atoms with Crippen LogP contribution in [0.25, 0.3) is 16.8 Å². The van der Waals surface area contributed by atoms with Crippen LogP contribution in [-0.2, 0) is 0 Å². The van der Waals surface area contributed by atoms with Gasteiger partial charge in [0.2, 0.25) is 0 Å². The number of pyridine rings is 1. The number of nitrogens with one attached hydrogen (secondary N) is 1. The largest absolute Gasteiger partial charge is 0.353 e. The first-order chi connectivity index (χ1) is 10.3. The molecule has 0 saturated carbocycles. The van der Waals surface area contributed by atoms with Gasteiger partial charge in [-0.3, -0.25) is 10.4 Å². The third kappa shape index (κ3) is 2.59. The highest BCUT2D eigenvalue weighted by molar-refractivity contribution is 5.97. The van der Waals surface area contributed by atoms with E-state index in [0.717, 1.165) is 22.2 Å². The molecule has 0 amide bonds. The number of aromatic nitrogens is 1. The summed E-state index contributed by atoms with van der Waals surface area (Å²) in [7, 11) is 0. The van der Waals surface area contributed by atoms with E-state index in [2.05, 4.69) is 35.3 Å². The van der Waals surface area contributed by atoms with Gasteiger partial charge < -0.3 is 5.73 Å². The molecule has 102 valence electrons. The summed E-state index contributed by atoms with van der Waals surface area (Å²) in [6.07, 6.45) is 16.6. The molecule has 0 spiro atoms. The van der Waals surface area contributed by atoms with Gasteiger partial charge in [0.15, 0.2) is 0 Å². The van der Waals surface area contributed by atoms with Crippen LogP contribution in [0.15, 0.2) is 60.1 Å². The lowest BCUT2D eigenvalue weighted by Crippen LogP contribution is -2.48. The molecular formula is C18H16N3+. The normalized spacial score (nSPS) is 14.0. The van der Waals surface area contributed by atoms with Crippen molar-refractivity contribution in [2.24, 2.45) is 0 Å². The zero-order valence-electron chi connectivity index (χ0n) is 11.6. The van der Waals surface area contributed by atoms with Crippen molar-refractivity contribution in [2.45, 2.75) is 0 Å². The second kappa shape index (κ2) is 5.69. The Morgan fingerprint density at radius 2 is 2.24 bits per heavy atom. The molecule has 0 radical (unpaired) electrons. The first-order valence-corrected chi connectivity index (χ1v) is 6.76. The molecular weight excluding hydrogens is 258 g/mol. The third-order valence-corrected chi connectivity index (χ3v) is 3.45. The van der Waals surface area contributed by atoms with Gasteiger partial charge in [-0.1, -0.05) is 28.7 Å². The van der Waals surface area contributed by atoms with E-state index in [1.165, 1.54) is 17.2 Å². The van der Waals surface area contributed by atoms with E-state index < -0.39 is 0 Å². The topological polar surface area (TPSA) is 64.4 Å². The van der Waals surface area contributed by atoms with E-state index in [-0.39, 0.29) is 0 Å². The number of rotatable bonds is 4. The molecule has 4 N–H and O–H groups in total. The lowest BCUT2D eigenvalue weighted by molar-refractivity contribution is -0.296. The van der Waals surface area contributed by atoms with Crippen LogP contribution in [0.1, 0.15) is 11.1 Å². The van der Waals surface area contributed by atoms with E-state index in [1.807, 2.05) is 37.0 Å². The van der Waals surface area contributed by atoms with Gasteiger partial charge in [-0.25, -0.2) is 0 Å². The van der Waals surface area contributed by atoms with Crippen LogP contribution >= 0.6 is 0 Å². The minimum Gasteiger partial charge on any atom is -0.353 e. The van der Waals surface area contributed by atoms with Crippen LogP contribution < -0.4 is 5.73 Å². The van der Waals surface area contributed by atoms with Crippen LogP contribution in [0.2, 0.25) is 0 Å². The van der Waals surface area contributed by atoms with Gasteiger partial charge in [-0.15, -0.1) is 24.1 Å². The van der Waals surface area contributed by atoms with Crippen LogP contribution in [0.3, 0.4) is 0 Å². The standard InChI is InChI=1S/C18H15N3/c19-8-3-1-2-7-17(20)15-9-13-5-4-6-14-11-21-12-16(10-15)18(13)14/h1-12,19H,20H2/p+1/b3-1+,17-7-,19-8?. The molecule has 0 fully saturated rings. The van der Waals surface area contributed by atoms with E-state index in [4.69, 9.17) is 5.41 Å². The molecule has 1 aliphatic carbocycles. The number of benzene rings is 1. The van der Waals surface area contributed by atoms with Crippen molar-refractivity contribution in [3.63, 3.8) is 0 Å². The fourth-order valence-corrected chi connectivity index (χ4v) is 2.47. The minimum absolute atomic E-state index is 0.941. The molecule has 2 aromatic rings. The second-order valence-electron chi connectivity index (χ2n) is 4.85. The van der Waals surface area contributed by atoms with E-state index >= 15 is 0 Å². The molecule has 0 bridgehead atoms. The molecule has 0 aliphatic heterocycles. The Labute approximate surface area is 124 Å². The molecule has 0 saturated heterocycles. The molecule has 1 aromatic carbocycles. The molecule has 3 nitrogen and oxygen atoms in total. The Morgan fingerprint density at radius 1 is 1.33 bits per heavy atom. The lowest BCUT2D eigenvalue weighted by Gasteiger charge is -2.23. The summed E-state index contributed by atoms with van der Waals surface area (Å²) < 4.78 is 0. The van der Waals surface area contributed by atoms with Gasteiger partial charge in [-0.05, 0) is 5.39 Å². The third-order valence-electron chi connectivity index (χ3n) is 3.45. The van der Waals surface area contributed by atoms with Crippen LogP contribution in [-0.4, -0.2) is 11.2 Å². The summed E-state index contributed by atoms with van der Waals surface area (Å²) in [5, 5.41) is 9.34. The smallest absolute Gasteiger partial charge is 0.0854 e. The van der Waals surface area contributed by atoms with Crippen molar-refractivity contribution in [2.75, 3.05) is 0 Å². The SMILES string of the molecule is N=C/C=C/[CH+]/C=C(\[NH3+])C1=Cc2cncc3cccc(c23)[CH-]1. The predicted octanol–water partition coefficient (Wildman–Crippen LogP) is 2.72. The molecule has 1 aromatic heterocycles. The molecule has 3 heteroatoms. The van der Waals surface area contributed by atoms with E-state index in [1.54, 1.807) is 6.08 Å². The van der Waals surface area contributed by atoms with Crippen molar-refractivity contribution in [3.8, 4) is 0 Å². The summed E-state index contributed by atoms with van der Waals surface area (Å²) in [5.74, 6) is 0. The predicted molar refractivity (Wildman–Crippen MR) is 86.3 cm³/mol. The van der Waals surface area contributed by atoms with Crippen molar-refractivity contribution >= 4 is 23.1 Å². The monoisotopic (exact) mass is 274 g/mol. The van der Waals surface area contributed by atoms with Gasteiger partial charge >= 0.3 is 0 Å². The van der Waals surface area contributed by atoms with Crippen molar-refractivity contribution in [3.05, 3.63) is 84.1 Å². The number of quaternary nitrogens is 1. The van der Waals surface area contributed by atoms with Crippen LogP contribution in [0, 0.1) is 18.3 Å². The number of hydrogen-bond donors (Lipinski definition) is 2. The second-order valence-corrected chi connectivity index (χ2v) is 4.85. The Kier molecular flexibility index (Phi) is 3.58. The summed E-state index contributed by atoms with van der Waals surface area (Å²) in [5.41, 5.74) is 8.47. The summed E-state index contributed by atoms with van der Waals surface area (Å²) in [6, 6.07) is 6.25. The average molecular weight is 274 g/mol. The fourth-order valence-electron chi connectivity index (χ4n) is 2.47. The Balaban J connectivity index is 1.96. The van der Waals surface area contributed by atoms with Gasteiger partial charge in [0.1, 0.15) is 0 Å². The zero-order valence-corrected chi connectivity index (χ0v) is 11.6. The van der Waals surface area contributed by atoms with Crippen LogP contribution in [0.4, 0.5) is 0 Å². The Hall–Kier alpha value is -2.78. The van der Waals surface area contributed by atoms with Gasteiger partial charge in [0, 0.05) is 37.0 Å². The number of allylic oxidation sites excluding steroid dienone is 4. The van der Waals surface area contributed by atoms with Crippen molar-refractivity contribution < 1.29 is 5.73 Å². The molecule has 3 rings (SSSR count). The Morgan fingerprint density at radius 3 is 3.10 bits per heavy atom. The maximum Gasteiger partial charge on any atom is 0.0854 e. The van der Waals surface area contributed by atoms with E-state index in [9.17, 15) is 0 Å². The number of nitrogens with zero attached hydrogens (tertiary/aromatic N) is 1. The lowest BCUT2D eigenvalue weighted by atomic mass is 9.89. The molecule has 1 aliphatic rings. The summed E-state index contributed by atoms with van der Waals surface area (Å²) >= 11 is 0. The average Bonchev–Trinajstić information content (AvgIpc) is 2.52. The summed E-state index contributed by atoms with van der Waals surface area (Å²) in [4.78, 5) is 4.30. The van der Waals surface area contributed by atoms with Crippen molar-refractivity contribution in [1.82, 2.24) is 4.98 Å². The molecule has 0 atom stereocenters.